The van der Waals surface area contributed by atoms with Crippen LogP contribution in [0.5, 0.6) is 5.75 Å². The summed E-state index contributed by atoms with van der Waals surface area (Å²) in [5.74, 6) is 1.51. The average Bonchev–Trinajstić information content (AvgIpc) is 2.91. The van der Waals surface area contributed by atoms with E-state index in [1.165, 1.54) is 0 Å². The molecule has 1 aromatic carbocycles. The van der Waals surface area contributed by atoms with Crippen molar-refractivity contribution >= 4 is 0 Å². The SMILES string of the molecule is CCCOc1cccc(-c2nnnn2CCCO)c1. The number of ether oxygens (including phenoxy) is 1. The number of hydrogen-bond acceptors (Lipinski definition) is 5. The second-order valence-corrected chi connectivity index (χ2v) is 4.18. The van der Waals surface area contributed by atoms with Gasteiger partial charge in [0.1, 0.15) is 5.75 Å². The van der Waals surface area contributed by atoms with E-state index in [4.69, 9.17) is 9.84 Å². The Morgan fingerprint density at radius 3 is 3.05 bits per heavy atom. The number of aliphatic hydroxyl groups excluding tert-OH is 1. The fraction of sp³-hybridized carbons (Fsp3) is 0.462. The summed E-state index contributed by atoms with van der Waals surface area (Å²) in [6, 6.07) is 7.71. The van der Waals surface area contributed by atoms with Gasteiger partial charge in [0.15, 0.2) is 5.82 Å². The molecular weight excluding hydrogens is 244 g/mol. The van der Waals surface area contributed by atoms with Gasteiger partial charge in [-0.2, -0.15) is 0 Å². The van der Waals surface area contributed by atoms with Crippen LogP contribution in [0.25, 0.3) is 11.4 Å². The summed E-state index contributed by atoms with van der Waals surface area (Å²) in [5, 5.41) is 20.5. The number of tetrazole rings is 1. The molecule has 0 saturated carbocycles. The number of benzene rings is 1. The zero-order valence-electron chi connectivity index (χ0n) is 11.0. The molecule has 6 nitrogen and oxygen atoms in total. The van der Waals surface area contributed by atoms with Crippen molar-refractivity contribution in [2.45, 2.75) is 26.3 Å². The lowest BCUT2D eigenvalue weighted by Crippen LogP contribution is -2.04. The summed E-state index contributed by atoms with van der Waals surface area (Å²) in [4.78, 5) is 0. The van der Waals surface area contributed by atoms with Crippen molar-refractivity contribution in [3.05, 3.63) is 24.3 Å². The van der Waals surface area contributed by atoms with E-state index in [9.17, 15) is 0 Å². The maximum atomic E-state index is 8.87. The van der Waals surface area contributed by atoms with E-state index in [0.717, 1.165) is 17.7 Å². The molecule has 0 fully saturated rings. The third-order valence-electron chi connectivity index (χ3n) is 2.63. The molecule has 0 unspecified atom stereocenters. The lowest BCUT2D eigenvalue weighted by molar-refractivity contribution is 0.276. The standard InChI is InChI=1S/C13H18N4O2/c1-2-9-19-12-6-3-5-11(10-12)13-14-15-16-17(13)7-4-8-18/h3,5-6,10,18H,2,4,7-9H2,1H3. The van der Waals surface area contributed by atoms with Gasteiger partial charge in [0.25, 0.3) is 0 Å². The highest BCUT2D eigenvalue weighted by Crippen LogP contribution is 2.21. The van der Waals surface area contributed by atoms with Gasteiger partial charge in [-0.05, 0) is 35.4 Å². The zero-order valence-corrected chi connectivity index (χ0v) is 11.0. The highest BCUT2D eigenvalue weighted by Gasteiger charge is 2.09. The highest BCUT2D eigenvalue weighted by atomic mass is 16.5. The van der Waals surface area contributed by atoms with Gasteiger partial charge >= 0.3 is 0 Å². The maximum Gasteiger partial charge on any atom is 0.182 e. The topological polar surface area (TPSA) is 73.1 Å². The number of aryl methyl sites for hydroxylation is 1. The highest BCUT2D eigenvalue weighted by molar-refractivity contribution is 5.57. The van der Waals surface area contributed by atoms with Crippen molar-refractivity contribution in [3.8, 4) is 17.1 Å². The summed E-state index contributed by atoms with van der Waals surface area (Å²) >= 11 is 0. The molecule has 1 N–H and O–H groups in total. The molecule has 102 valence electrons. The first-order chi connectivity index (χ1) is 9.35. The van der Waals surface area contributed by atoms with Gasteiger partial charge in [0.2, 0.25) is 0 Å². The number of hydrogen-bond donors (Lipinski definition) is 1. The molecule has 0 saturated heterocycles. The Labute approximate surface area is 112 Å². The Hall–Kier alpha value is -1.95. The summed E-state index contributed by atoms with van der Waals surface area (Å²) < 4.78 is 7.29. The summed E-state index contributed by atoms with van der Waals surface area (Å²) in [6.45, 7) is 3.48. The minimum atomic E-state index is 0.124. The van der Waals surface area contributed by atoms with Gasteiger partial charge < -0.3 is 9.84 Å². The van der Waals surface area contributed by atoms with Crippen LogP contribution in [0.1, 0.15) is 19.8 Å². The van der Waals surface area contributed by atoms with Crippen LogP contribution >= 0.6 is 0 Å². The van der Waals surface area contributed by atoms with Crippen molar-refractivity contribution < 1.29 is 9.84 Å². The van der Waals surface area contributed by atoms with E-state index in [0.29, 0.717) is 25.4 Å². The van der Waals surface area contributed by atoms with Gasteiger partial charge in [0, 0.05) is 18.7 Å². The van der Waals surface area contributed by atoms with E-state index in [1.54, 1.807) is 4.68 Å². The van der Waals surface area contributed by atoms with E-state index in [1.807, 2.05) is 24.3 Å². The zero-order chi connectivity index (χ0) is 13.5. The Bertz CT molecular complexity index is 513. The third kappa shape index (κ3) is 3.51. The van der Waals surface area contributed by atoms with Crippen LogP contribution in [-0.2, 0) is 6.54 Å². The predicted molar refractivity (Wildman–Crippen MR) is 70.7 cm³/mol. The predicted octanol–water partition coefficient (Wildman–Crippen LogP) is 1.51. The van der Waals surface area contributed by atoms with Crippen LogP contribution in [0.3, 0.4) is 0 Å². The Kier molecular flexibility index (Phi) is 4.85. The molecule has 0 atom stereocenters. The first-order valence-corrected chi connectivity index (χ1v) is 6.45. The number of nitrogens with zero attached hydrogens (tertiary/aromatic N) is 4. The number of aromatic nitrogens is 4. The minimum Gasteiger partial charge on any atom is -0.494 e. The first kappa shape index (κ1) is 13.5. The van der Waals surface area contributed by atoms with Crippen molar-refractivity contribution in [2.24, 2.45) is 0 Å². The fourth-order valence-corrected chi connectivity index (χ4v) is 1.73. The van der Waals surface area contributed by atoms with E-state index < -0.39 is 0 Å². The van der Waals surface area contributed by atoms with Crippen LogP contribution in [0.15, 0.2) is 24.3 Å². The molecule has 2 aromatic rings. The van der Waals surface area contributed by atoms with E-state index in [-0.39, 0.29) is 6.61 Å². The molecule has 0 aliphatic carbocycles. The molecule has 1 aromatic heterocycles. The molecule has 19 heavy (non-hydrogen) atoms. The average molecular weight is 262 g/mol. The maximum absolute atomic E-state index is 8.87. The molecule has 0 aliphatic rings. The van der Waals surface area contributed by atoms with Gasteiger partial charge in [-0.3, -0.25) is 0 Å². The molecule has 0 aliphatic heterocycles. The number of aliphatic hydroxyl groups is 1. The second kappa shape index (κ2) is 6.84. The van der Waals surface area contributed by atoms with Crippen LogP contribution in [0, 0.1) is 0 Å². The Morgan fingerprint density at radius 1 is 1.37 bits per heavy atom. The van der Waals surface area contributed by atoms with Gasteiger partial charge in [-0.25, -0.2) is 4.68 Å². The number of rotatable bonds is 7. The van der Waals surface area contributed by atoms with Crippen LogP contribution in [0.4, 0.5) is 0 Å². The second-order valence-electron chi connectivity index (χ2n) is 4.18. The van der Waals surface area contributed by atoms with Crippen molar-refractivity contribution in [3.63, 3.8) is 0 Å². The fourth-order valence-electron chi connectivity index (χ4n) is 1.73. The van der Waals surface area contributed by atoms with Crippen LogP contribution < -0.4 is 4.74 Å². The van der Waals surface area contributed by atoms with E-state index >= 15 is 0 Å². The quantitative estimate of drug-likeness (QED) is 0.818. The van der Waals surface area contributed by atoms with Crippen molar-refractivity contribution in [1.82, 2.24) is 20.2 Å². The molecule has 2 rings (SSSR count). The first-order valence-electron chi connectivity index (χ1n) is 6.45. The van der Waals surface area contributed by atoms with Gasteiger partial charge in [-0.15, -0.1) is 5.10 Å². The minimum absolute atomic E-state index is 0.124. The Morgan fingerprint density at radius 2 is 2.26 bits per heavy atom. The lowest BCUT2D eigenvalue weighted by atomic mass is 10.2. The molecule has 6 heteroatoms. The largest absolute Gasteiger partial charge is 0.494 e. The van der Waals surface area contributed by atoms with Crippen molar-refractivity contribution in [1.29, 1.82) is 0 Å². The Balaban J connectivity index is 2.18. The molecular formula is C13H18N4O2. The molecule has 0 spiro atoms. The van der Waals surface area contributed by atoms with Gasteiger partial charge in [-0.1, -0.05) is 19.1 Å². The van der Waals surface area contributed by atoms with E-state index in [2.05, 4.69) is 22.4 Å². The summed E-state index contributed by atoms with van der Waals surface area (Å²) in [5.41, 5.74) is 0.913. The molecule has 0 radical (unpaired) electrons. The van der Waals surface area contributed by atoms with Crippen LogP contribution in [0.2, 0.25) is 0 Å². The molecule has 1 heterocycles. The summed E-state index contributed by atoms with van der Waals surface area (Å²) in [6.07, 6.45) is 1.60. The van der Waals surface area contributed by atoms with Crippen LogP contribution in [-0.4, -0.2) is 38.5 Å². The normalized spacial score (nSPS) is 10.6. The monoisotopic (exact) mass is 262 g/mol. The van der Waals surface area contributed by atoms with Gasteiger partial charge in [0.05, 0.1) is 6.61 Å². The summed E-state index contributed by atoms with van der Waals surface area (Å²) in [7, 11) is 0. The lowest BCUT2D eigenvalue weighted by Gasteiger charge is -2.07. The molecule has 0 bridgehead atoms. The molecule has 0 amide bonds. The smallest absolute Gasteiger partial charge is 0.182 e. The van der Waals surface area contributed by atoms with Crippen molar-refractivity contribution in [2.75, 3.05) is 13.2 Å². The third-order valence-corrected chi connectivity index (χ3v) is 2.63.